The Bertz CT molecular complexity index is 1470. The number of hydrogen-bond acceptors (Lipinski definition) is 4. The zero-order valence-corrected chi connectivity index (χ0v) is 24.1. The van der Waals surface area contributed by atoms with Crippen LogP contribution in [-0.2, 0) is 18.0 Å². The summed E-state index contributed by atoms with van der Waals surface area (Å²) in [5.74, 6) is -0.441. The Hall–Kier alpha value is -3.56. The van der Waals surface area contributed by atoms with Crippen LogP contribution in [0.5, 0.6) is 5.75 Å². The molecule has 9 heteroatoms. The van der Waals surface area contributed by atoms with Gasteiger partial charge in [0.25, 0.3) is 5.91 Å². The minimum Gasteiger partial charge on any atom is -0.493 e. The van der Waals surface area contributed by atoms with Gasteiger partial charge in [0, 0.05) is 39.4 Å². The molecule has 0 fully saturated rings. The minimum atomic E-state index is -1.24. The van der Waals surface area contributed by atoms with E-state index >= 15 is 0 Å². The average Bonchev–Trinajstić information content (AvgIpc) is 3.32. The topological polar surface area (TPSA) is 56.6 Å². The monoisotopic (exact) mass is 551 g/mol. The first kappa shape index (κ1) is 28.4. The van der Waals surface area contributed by atoms with Crippen LogP contribution in [0, 0.1) is 11.6 Å². The molecule has 0 bridgehead atoms. The standard InChI is InChI=1S/C30H35F2N3O3Si/c1-6-38-28-17-22(10-12-25(28)21-8-7-9-24(31)16-21)30(36)34(2)19-23-11-13-27(32)26-18-33-35(29(23)26)20-37-14-15-39(3,4)5/h7-13,16-18H,6,14-15,19-20H2,1-5H3. The molecule has 0 saturated carbocycles. The predicted octanol–water partition coefficient (Wildman–Crippen LogP) is 6.96. The van der Waals surface area contributed by atoms with Crippen molar-refractivity contribution in [2.24, 2.45) is 0 Å². The molecule has 0 unspecified atom stereocenters. The second-order valence-electron chi connectivity index (χ2n) is 10.8. The van der Waals surface area contributed by atoms with E-state index in [9.17, 15) is 13.6 Å². The first-order valence-electron chi connectivity index (χ1n) is 13.1. The van der Waals surface area contributed by atoms with Crippen molar-refractivity contribution in [2.45, 2.75) is 45.9 Å². The quantitative estimate of drug-likeness (QED) is 0.149. The van der Waals surface area contributed by atoms with Crippen LogP contribution in [0.2, 0.25) is 25.7 Å². The molecule has 6 nitrogen and oxygen atoms in total. The van der Waals surface area contributed by atoms with Crippen LogP contribution in [0.25, 0.3) is 22.0 Å². The molecule has 206 valence electrons. The van der Waals surface area contributed by atoms with E-state index in [1.54, 1.807) is 53.0 Å². The van der Waals surface area contributed by atoms with Crippen LogP contribution < -0.4 is 4.74 Å². The number of aromatic nitrogens is 2. The zero-order chi connectivity index (χ0) is 28.2. The van der Waals surface area contributed by atoms with Gasteiger partial charge in [-0.1, -0.05) is 37.8 Å². The van der Waals surface area contributed by atoms with E-state index in [-0.39, 0.29) is 30.8 Å². The Balaban J connectivity index is 1.56. The molecule has 3 aromatic carbocycles. The molecular weight excluding hydrogens is 516 g/mol. The van der Waals surface area contributed by atoms with Crippen molar-refractivity contribution in [3.05, 3.63) is 83.6 Å². The van der Waals surface area contributed by atoms with Crippen LogP contribution in [0.15, 0.2) is 60.8 Å². The van der Waals surface area contributed by atoms with E-state index in [4.69, 9.17) is 9.47 Å². The third-order valence-corrected chi connectivity index (χ3v) is 8.16. The minimum absolute atomic E-state index is 0.210. The summed E-state index contributed by atoms with van der Waals surface area (Å²) in [6.07, 6.45) is 1.50. The second-order valence-corrected chi connectivity index (χ2v) is 16.4. The molecule has 0 saturated heterocycles. The number of fused-ring (bicyclic) bond motifs is 1. The van der Waals surface area contributed by atoms with Gasteiger partial charge in [-0.3, -0.25) is 4.79 Å². The van der Waals surface area contributed by atoms with E-state index in [0.717, 1.165) is 11.6 Å². The molecule has 0 N–H and O–H groups in total. The van der Waals surface area contributed by atoms with Crippen LogP contribution in [-0.4, -0.2) is 48.9 Å². The Morgan fingerprint density at radius 2 is 1.87 bits per heavy atom. The molecule has 0 spiro atoms. The molecule has 0 atom stereocenters. The number of ether oxygens (including phenoxy) is 2. The normalized spacial score (nSPS) is 11.7. The summed E-state index contributed by atoms with van der Waals surface area (Å²) in [5.41, 5.74) is 3.17. The SMILES string of the molecule is CCOc1cc(C(=O)N(C)Cc2ccc(F)c3cnn(COCC[Si](C)(C)C)c23)ccc1-c1cccc(F)c1. The van der Waals surface area contributed by atoms with Crippen LogP contribution in [0.3, 0.4) is 0 Å². The van der Waals surface area contributed by atoms with Gasteiger partial charge in [-0.25, -0.2) is 13.5 Å². The van der Waals surface area contributed by atoms with Crippen molar-refractivity contribution >= 4 is 24.9 Å². The molecule has 1 heterocycles. The van der Waals surface area contributed by atoms with Crippen molar-refractivity contribution in [2.75, 3.05) is 20.3 Å². The lowest BCUT2D eigenvalue weighted by molar-refractivity contribution is 0.0781. The maximum atomic E-state index is 14.6. The highest BCUT2D eigenvalue weighted by atomic mass is 28.3. The highest BCUT2D eigenvalue weighted by Crippen LogP contribution is 2.32. The Morgan fingerprint density at radius 3 is 2.59 bits per heavy atom. The maximum absolute atomic E-state index is 14.6. The summed E-state index contributed by atoms with van der Waals surface area (Å²) in [7, 11) is 0.459. The fraction of sp³-hybridized carbons (Fsp3) is 0.333. The maximum Gasteiger partial charge on any atom is 0.254 e. The summed E-state index contributed by atoms with van der Waals surface area (Å²) in [6.45, 7) is 10.2. The predicted molar refractivity (Wildman–Crippen MR) is 153 cm³/mol. The van der Waals surface area contributed by atoms with Crippen molar-refractivity contribution in [3.8, 4) is 16.9 Å². The Morgan fingerprint density at radius 1 is 1.08 bits per heavy atom. The first-order chi connectivity index (χ1) is 18.6. The van der Waals surface area contributed by atoms with E-state index in [1.807, 2.05) is 6.92 Å². The molecule has 4 rings (SSSR count). The number of carbonyl (C=O) groups is 1. The number of halogens is 2. The van der Waals surface area contributed by atoms with Gasteiger partial charge in [-0.2, -0.15) is 5.10 Å². The second kappa shape index (κ2) is 12.1. The molecule has 0 aliphatic rings. The van der Waals surface area contributed by atoms with Crippen LogP contribution in [0.1, 0.15) is 22.8 Å². The fourth-order valence-electron chi connectivity index (χ4n) is 4.37. The lowest BCUT2D eigenvalue weighted by Crippen LogP contribution is -2.26. The van der Waals surface area contributed by atoms with E-state index in [0.29, 0.717) is 46.6 Å². The van der Waals surface area contributed by atoms with Crippen molar-refractivity contribution in [3.63, 3.8) is 0 Å². The van der Waals surface area contributed by atoms with Crippen molar-refractivity contribution in [1.82, 2.24) is 14.7 Å². The molecule has 0 aliphatic heterocycles. The van der Waals surface area contributed by atoms with Gasteiger partial charge in [0.15, 0.2) is 0 Å². The summed E-state index contributed by atoms with van der Waals surface area (Å²) in [6, 6.07) is 15.5. The lowest BCUT2D eigenvalue weighted by atomic mass is 10.0. The number of carbonyl (C=O) groups excluding carboxylic acids is 1. The summed E-state index contributed by atoms with van der Waals surface area (Å²) in [5, 5.41) is 4.74. The number of rotatable bonds is 11. The third-order valence-electron chi connectivity index (χ3n) is 6.46. The average molecular weight is 552 g/mol. The van der Waals surface area contributed by atoms with Gasteiger partial charge < -0.3 is 14.4 Å². The summed E-state index contributed by atoms with van der Waals surface area (Å²) >= 11 is 0. The van der Waals surface area contributed by atoms with Crippen molar-refractivity contribution in [1.29, 1.82) is 0 Å². The van der Waals surface area contributed by atoms with Gasteiger partial charge in [-0.05, 0) is 60.5 Å². The number of hydrogen-bond donors (Lipinski definition) is 0. The third kappa shape index (κ3) is 6.91. The Kier molecular flexibility index (Phi) is 8.82. The van der Waals surface area contributed by atoms with E-state index < -0.39 is 8.07 Å². The summed E-state index contributed by atoms with van der Waals surface area (Å²) in [4.78, 5) is 15.0. The largest absolute Gasteiger partial charge is 0.493 e. The van der Waals surface area contributed by atoms with Crippen LogP contribution in [0.4, 0.5) is 8.78 Å². The van der Waals surface area contributed by atoms with Gasteiger partial charge in [-0.15, -0.1) is 0 Å². The van der Waals surface area contributed by atoms with Crippen molar-refractivity contribution < 1.29 is 23.0 Å². The highest BCUT2D eigenvalue weighted by Gasteiger charge is 2.19. The summed E-state index contributed by atoms with van der Waals surface area (Å²) < 4.78 is 41.7. The highest BCUT2D eigenvalue weighted by molar-refractivity contribution is 6.76. The molecular formula is C30H35F2N3O3Si. The smallest absolute Gasteiger partial charge is 0.254 e. The number of benzene rings is 3. The molecule has 0 aliphatic carbocycles. The molecule has 1 amide bonds. The lowest BCUT2D eigenvalue weighted by Gasteiger charge is -2.20. The van der Waals surface area contributed by atoms with Crippen LogP contribution >= 0.6 is 0 Å². The zero-order valence-electron chi connectivity index (χ0n) is 23.1. The van der Waals surface area contributed by atoms with E-state index in [2.05, 4.69) is 24.7 Å². The van der Waals surface area contributed by atoms with Gasteiger partial charge in [0.2, 0.25) is 0 Å². The Labute approximate surface area is 229 Å². The molecule has 4 aromatic rings. The molecule has 39 heavy (non-hydrogen) atoms. The first-order valence-corrected chi connectivity index (χ1v) is 16.8. The van der Waals surface area contributed by atoms with Gasteiger partial charge in [0.05, 0.1) is 23.7 Å². The van der Waals surface area contributed by atoms with E-state index in [1.165, 1.54) is 24.4 Å². The molecule has 0 radical (unpaired) electrons. The number of nitrogens with zero attached hydrogens (tertiary/aromatic N) is 3. The fourth-order valence-corrected chi connectivity index (χ4v) is 5.13. The van der Waals surface area contributed by atoms with Gasteiger partial charge in [0.1, 0.15) is 24.1 Å². The molecule has 1 aromatic heterocycles. The number of amides is 1. The van der Waals surface area contributed by atoms with Gasteiger partial charge >= 0.3 is 0 Å².